The SMILES string of the molecule is Cc1noc(C)c1C(=O)NOc1ccc(C(F)(F)F)cc1. The van der Waals surface area contributed by atoms with E-state index in [9.17, 15) is 18.0 Å². The summed E-state index contributed by atoms with van der Waals surface area (Å²) in [6.07, 6.45) is -4.42. The third kappa shape index (κ3) is 3.33. The summed E-state index contributed by atoms with van der Waals surface area (Å²) in [5, 5.41) is 3.61. The number of alkyl halides is 3. The molecular formula is C13H11F3N2O3. The highest BCUT2D eigenvalue weighted by molar-refractivity contribution is 5.95. The summed E-state index contributed by atoms with van der Waals surface area (Å²) < 4.78 is 42.0. The molecule has 1 N–H and O–H groups in total. The highest BCUT2D eigenvalue weighted by Gasteiger charge is 2.30. The molecule has 2 aromatic rings. The molecule has 5 nitrogen and oxygen atoms in total. The Hall–Kier alpha value is -2.51. The third-order valence-electron chi connectivity index (χ3n) is 2.70. The fourth-order valence-corrected chi connectivity index (χ4v) is 1.68. The highest BCUT2D eigenvalue weighted by atomic mass is 19.4. The second kappa shape index (κ2) is 5.47. The molecule has 0 fully saturated rings. The van der Waals surface area contributed by atoms with E-state index < -0.39 is 17.6 Å². The first kappa shape index (κ1) is 14.9. The number of aryl methyl sites for hydroxylation is 2. The number of nitrogens with one attached hydrogen (secondary N) is 1. The normalized spacial score (nSPS) is 11.3. The van der Waals surface area contributed by atoms with Crippen molar-refractivity contribution in [2.24, 2.45) is 0 Å². The Morgan fingerprint density at radius 1 is 1.24 bits per heavy atom. The van der Waals surface area contributed by atoms with Crippen molar-refractivity contribution in [1.82, 2.24) is 10.6 Å². The summed E-state index contributed by atoms with van der Waals surface area (Å²) in [6, 6.07) is 3.93. The lowest BCUT2D eigenvalue weighted by atomic mass is 10.2. The van der Waals surface area contributed by atoms with Crippen molar-refractivity contribution in [2.45, 2.75) is 20.0 Å². The number of hydrogen-bond donors (Lipinski definition) is 1. The highest BCUT2D eigenvalue weighted by Crippen LogP contribution is 2.30. The van der Waals surface area contributed by atoms with Gasteiger partial charge in [0, 0.05) is 0 Å². The molecule has 2 rings (SSSR count). The average Bonchev–Trinajstić information content (AvgIpc) is 2.75. The lowest BCUT2D eigenvalue weighted by Gasteiger charge is -2.09. The molecule has 8 heteroatoms. The van der Waals surface area contributed by atoms with Crippen LogP contribution in [0.4, 0.5) is 13.2 Å². The monoisotopic (exact) mass is 300 g/mol. The molecule has 0 saturated heterocycles. The molecule has 0 aliphatic rings. The number of carbonyl (C=O) groups excluding carboxylic acids is 1. The topological polar surface area (TPSA) is 64.4 Å². The fourth-order valence-electron chi connectivity index (χ4n) is 1.68. The number of carbonyl (C=O) groups is 1. The van der Waals surface area contributed by atoms with E-state index in [-0.39, 0.29) is 11.3 Å². The van der Waals surface area contributed by atoms with Crippen LogP contribution in [0.1, 0.15) is 27.4 Å². The van der Waals surface area contributed by atoms with Crippen LogP contribution >= 0.6 is 0 Å². The Bertz CT molecular complexity index is 628. The van der Waals surface area contributed by atoms with E-state index in [0.717, 1.165) is 24.3 Å². The lowest BCUT2D eigenvalue weighted by molar-refractivity contribution is -0.137. The molecule has 1 aromatic heterocycles. The predicted molar refractivity (Wildman–Crippen MR) is 65.5 cm³/mol. The molecule has 21 heavy (non-hydrogen) atoms. The molecule has 1 heterocycles. The van der Waals surface area contributed by atoms with Gasteiger partial charge < -0.3 is 9.36 Å². The molecule has 112 valence electrons. The number of benzene rings is 1. The van der Waals surface area contributed by atoms with Gasteiger partial charge in [-0.15, -0.1) is 0 Å². The number of nitrogens with zero attached hydrogens (tertiary/aromatic N) is 1. The molecule has 0 atom stereocenters. The van der Waals surface area contributed by atoms with Gasteiger partial charge in [0.05, 0.1) is 11.3 Å². The van der Waals surface area contributed by atoms with Crippen LogP contribution in [0.3, 0.4) is 0 Å². The molecule has 0 unspecified atom stereocenters. The van der Waals surface area contributed by atoms with Gasteiger partial charge in [-0.05, 0) is 38.1 Å². The zero-order chi connectivity index (χ0) is 15.6. The standard InChI is InChI=1S/C13H11F3N2O3/c1-7-11(8(2)20-17-7)12(19)18-21-10-5-3-9(4-6-10)13(14,15)16/h3-6H,1-2H3,(H,18,19). The van der Waals surface area contributed by atoms with Gasteiger partial charge in [-0.2, -0.15) is 18.7 Å². The van der Waals surface area contributed by atoms with Gasteiger partial charge in [0.1, 0.15) is 11.3 Å². The second-order valence-electron chi connectivity index (χ2n) is 4.25. The van der Waals surface area contributed by atoms with Crippen LogP contribution in [-0.4, -0.2) is 11.1 Å². The summed E-state index contributed by atoms with van der Waals surface area (Å²) >= 11 is 0. The minimum absolute atomic E-state index is 0.0723. The molecule has 0 spiro atoms. The molecule has 0 aliphatic heterocycles. The van der Waals surface area contributed by atoms with Gasteiger partial charge in [-0.25, -0.2) is 0 Å². The Kier molecular flexibility index (Phi) is 3.88. The van der Waals surface area contributed by atoms with Crippen molar-refractivity contribution >= 4 is 5.91 Å². The maximum absolute atomic E-state index is 12.4. The summed E-state index contributed by atoms with van der Waals surface area (Å²) in [5.41, 5.74) is 1.94. The van der Waals surface area contributed by atoms with E-state index in [0.29, 0.717) is 11.5 Å². The van der Waals surface area contributed by atoms with E-state index in [2.05, 4.69) is 10.6 Å². The number of aromatic nitrogens is 1. The van der Waals surface area contributed by atoms with Crippen molar-refractivity contribution in [1.29, 1.82) is 0 Å². The average molecular weight is 300 g/mol. The molecular weight excluding hydrogens is 289 g/mol. The zero-order valence-corrected chi connectivity index (χ0v) is 11.1. The van der Waals surface area contributed by atoms with Crippen LogP contribution in [0, 0.1) is 13.8 Å². The Morgan fingerprint density at radius 2 is 1.86 bits per heavy atom. The van der Waals surface area contributed by atoms with Crippen LogP contribution in [0.15, 0.2) is 28.8 Å². The van der Waals surface area contributed by atoms with Crippen molar-refractivity contribution in [3.05, 3.63) is 46.8 Å². The molecule has 0 bridgehead atoms. The van der Waals surface area contributed by atoms with E-state index in [1.165, 1.54) is 0 Å². The minimum Gasteiger partial charge on any atom is -0.379 e. The molecule has 1 amide bonds. The summed E-state index contributed by atoms with van der Waals surface area (Å²) in [6.45, 7) is 3.15. The Balaban J connectivity index is 2.02. The van der Waals surface area contributed by atoms with Gasteiger partial charge in [0.25, 0.3) is 5.91 Å². The number of hydrogen-bond acceptors (Lipinski definition) is 4. The second-order valence-corrected chi connectivity index (χ2v) is 4.25. The van der Waals surface area contributed by atoms with E-state index in [4.69, 9.17) is 9.36 Å². The van der Waals surface area contributed by atoms with Gasteiger partial charge >= 0.3 is 6.18 Å². The molecule has 0 radical (unpaired) electrons. The quantitative estimate of drug-likeness (QED) is 0.885. The maximum atomic E-state index is 12.4. The predicted octanol–water partition coefficient (Wildman–Crippen LogP) is 3.03. The summed E-state index contributed by atoms with van der Waals surface area (Å²) in [5.74, 6) is -0.199. The first-order chi connectivity index (χ1) is 9.79. The summed E-state index contributed by atoms with van der Waals surface area (Å²) in [7, 11) is 0. The lowest BCUT2D eigenvalue weighted by Crippen LogP contribution is -2.27. The van der Waals surface area contributed by atoms with Crippen LogP contribution in [0.5, 0.6) is 5.75 Å². The van der Waals surface area contributed by atoms with Gasteiger partial charge in [0.2, 0.25) is 0 Å². The summed E-state index contributed by atoms with van der Waals surface area (Å²) in [4.78, 5) is 16.8. The number of halogens is 3. The number of rotatable bonds is 3. The first-order valence-corrected chi connectivity index (χ1v) is 5.86. The van der Waals surface area contributed by atoms with E-state index in [1.807, 2.05) is 0 Å². The largest absolute Gasteiger partial charge is 0.416 e. The Morgan fingerprint density at radius 3 is 2.33 bits per heavy atom. The first-order valence-electron chi connectivity index (χ1n) is 5.86. The van der Waals surface area contributed by atoms with Crippen molar-refractivity contribution in [2.75, 3.05) is 0 Å². The Labute approximate surface area is 117 Å². The number of hydroxylamine groups is 1. The van der Waals surface area contributed by atoms with Gasteiger partial charge in [-0.1, -0.05) is 5.16 Å². The van der Waals surface area contributed by atoms with Crippen LogP contribution in [0.2, 0.25) is 0 Å². The zero-order valence-electron chi connectivity index (χ0n) is 11.1. The molecule has 0 aliphatic carbocycles. The van der Waals surface area contributed by atoms with Crippen molar-refractivity contribution < 1.29 is 27.3 Å². The fraction of sp³-hybridized carbons (Fsp3) is 0.231. The minimum atomic E-state index is -4.42. The van der Waals surface area contributed by atoms with E-state index in [1.54, 1.807) is 13.8 Å². The maximum Gasteiger partial charge on any atom is 0.416 e. The van der Waals surface area contributed by atoms with Gasteiger partial charge in [-0.3, -0.25) is 4.79 Å². The third-order valence-corrected chi connectivity index (χ3v) is 2.70. The van der Waals surface area contributed by atoms with Crippen LogP contribution in [0.25, 0.3) is 0 Å². The van der Waals surface area contributed by atoms with Crippen molar-refractivity contribution in [3.8, 4) is 5.75 Å². The number of amides is 1. The van der Waals surface area contributed by atoms with E-state index >= 15 is 0 Å². The smallest absolute Gasteiger partial charge is 0.379 e. The van der Waals surface area contributed by atoms with Crippen LogP contribution in [-0.2, 0) is 6.18 Å². The van der Waals surface area contributed by atoms with Gasteiger partial charge in [0.15, 0.2) is 5.75 Å². The molecule has 0 saturated carbocycles. The van der Waals surface area contributed by atoms with Crippen molar-refractivity contribution in [3.63, 3.8) is 0 Å². The molecule has 1 aromatic carbocycles. The van der Waals surface area contributed by atoms with Crippen LogP contribution < -0.4 is 10.3 Å².